The van der Waals surface area contributed by atoms with Crippen LogP contribution in [-0.4, -0.2) is 38.0 Å². The molecule has 1 atom stereocenters. The van der Waals surface area contributed by atoms with Gasteiger partial charge in [-0.3, -0.25) is 4.79 Å². The molecule has 4 nitrogen and oxygen atoms in total. The fourth-order valence-corrected chi connectivity index (χ4v) is 2.20. The first-order valence-electron chi connectivity index (χ1n) is 6.54. The topological polar surface area (TPSA) is 58.4 Å². The predicted molar refractivity (Wildman–Crippen MR) is 74.1 cm³/mol. The summed E-state index contributed by atoms with van der Waals surface area (Å²) in [4.78, 5) is 14.1. The molecule has 0 amide bonds. The fraction of sp³-hybridized carbons (Fsp3) is 0.500. The highest BCUT2D eigenvalue weighted by Crippen LogP contribution is 2.16. The van der Waals surface area contributed by atoms with Crippen molar-refractivity contribution in [1.82, 2.24) is 5.32 Å². The van der Waals surface area contributed by atoms with Crippen LogP contribution in [0.1, 0.15) is 23.7 Å². The highest BCUT2D eigenvalue weighted by Gasteiger charge is 2.12. The van der Waals surface area contributed by atoms with Crippen LogP contribution in [0.5, 0.6) is 0 Å². The van der Waals surface area contributed by atoms with E-state index in [-0.39, 0.29) is 5.78 Å². The zero-order valence-electron chi connectivity index (χ0n) is 10.9. The van der Waals surface area contributed by atoms with Gasteiger partial charge in [0.05, 0.1) is 6.04 Å². The number of nitrogens with two attached hydrogens (primary N) is 1. The van der Waals surface area contributed by atoms with Crippen LogP contribution in [0.4, 0.5) is 5.69 Å². The number of hydrogen-bond donors (Lipinski definition) is 2. The van der Waals surface area contributed by atoms with Crippen molar-refractivity contribution in [1.29, 1.82) is 0 Å². The van der Waals surface area contributed by atoms with Gasteiger partial charge in [-0.25, -0.2) is 0 Å². The van der Waals surface area contributed by atoms with E-state index in [9.17, 15) is 4.79 Å². The lowest BCUT2D eigenvalue weighted by molar-refractivity contribution is 0.0968. The molecular formula is C14H21N3O. The van der Waals surface area contributed by atoms with E-state index >= 15 is 0 Å². The summed E-state index contributed by atoms with van der Waals surface area (Å²) in [5, 5.41) is 3.38. The van der Waals surface area contributed by atoms with Crippen molar-refractivity contribution in [3.63, 3.8) is 0 Å². The highest BCUT2D eigenvalue weighted by molar-refractivity contribution is 5.99. The van der Waals surface area contributed by atoms with Crippen molar-refractivity contribution < 1.29 is 4.79 Å². The molecular weight excluding hydrogens is 226 g/mol. The Morgan fingerprint density at radius 3 is 2.67 bits per heavy atom. The predicted octanol–water partition coefficient (Wildman–Crippen LogP) is 1.02. The zero-order chi connectivity index (χ0) is 13.0. The Morgan fingerprint density at radius 1 is 1.28 bits per heavy atom. The maximum absolute atomic E-state index is 11.7. The number of nitrogens with zero attached hydrogens (tertiary/aromatic N) is 1. The van der Waals surface area contributed by atoms with Crippen molar-refractivity contribution >= 4 is 11.5 Å². The van der Waals surface area contributed by atoms with Crippen LogP contribution >= 0.6 is 0 Å². The second kappa shape index (κ2) is 5.98. The van der Waals surface area contributed by atoms with Crippen molar-refractivity contribution in [2.24, 2.45) is 5.73 Å². The summed E-state index contributed by atoms with van der Waals surface area (Å²) in [5.74, 6) is -0.000849. The van der Waals surface area contributed by atoms with Crippen molar-refractivity contribution in [3.05, 3.63) is 29.8 Å². The fourth-order valence-electron chi connectivity index (χ4n) is 2.20. The van der Waals surface area contributed by atoms with Crippen LogP contribution in [0.15, 0.2) is 24.3 Å². The number of anilines is 1. The molecule has 0 radical (unpaired) electrons. The molecule has 1 aromatic carbocycles. The summed E-state index contributed by atoms with van der Waals surface area (Å²) in [5.41, 5.74) is 7.48. The Labute approximate surface area is 108 Å². The third-order valence-corrected chi connectivity index (χ3v) is 3.27. The van der Waals surface area contributed by atoms with Gasteiger partial charge in [-0.1, -0.05) is 0 Å². The van der Waals surface area contributed by atoms with Crippen molar-refractivity contribution in [3.8, 4) is 0 Å². The molecule has 1 aliphatic rings. The molecule has 1 aromatic rings. The molecule has 0 aromatic heterocycles. The van der Waals surface area contributed by atoms with Crippen LogP contribution < -0.4 is 16.0 Å². The van der Waals surface area contributed by atoms with Crippen LogP contribution in [0, 0.1) is 0 Å². The average molecular weight is 247 g/mol. The highest BCUT2D eigenvalue weighted by atomic mass is 16.1. The van der Waals surface area contributed by atoms with Gasteiger partial charge in [0.15, 0.2) is 5.78 Å². The van der Waals surface area contributed by atoms with Crippen molar-refractivity contribution in [2.45, 2.75) is 19.4 Å². The van der Waals surface area contributed by atoms with Gasteiger partial charge < -0.3 is 16.0 Å². The molecule has 0 bridgehead atoms. The first-order valence-corrected chi connectivity index (χ1v) is 6.54. The standard InChI is InChI=1S/C14H21N3O/c1-11(15)14(18)12-3-5-13(6-4-12)17-9-2-7-16-8-10-17/h3-6,11,16H,2,7-10,15H2,1H3. The molecule has 1 fully saturated rings. The molecule has 0 aliphatic carbocycles. The van der Waals surface area contributed by atoms with Gasteiger partial charge in [-0.05, 0) is 44.2 Å². The molecule has 2 rings (SSSR count). The Morgan fingerprint density at radius 2 is 2.00 bits per heavy atom. The second-order valence-electron chi connectivity index (χ2n) is 4.79. The van der Waals surface area contributed by atoms with Crippen molar-refractivity contribution in [2.75, 3.05) is 31.1 Å². The first kappa shape index (κ1) is 13.1. The van der Waals surface area contributed by atoms with Gasteiger partial charge in [-0.2, -0.15) is 0 Å². The number of hydrogen-bond acceptors (Lipinski definition) is 4. The summed E-state index contributed by atoms with van der Waals surface area (Å²) in [6.07, 6.45) is 1.15. The zero-order valence-corrected chi connectivity index (χ0v) is 10.9. The lowest BCUT2D eigenvalue weighted by Crippen LogP contribution is -2.28. The smallest absolute Gasteiger partial charge is 0.179 e. The summed E-state index contributed by atoms with van der Waals surface area (Å²) in [6, 6.07) is 7.35. The molecule has 98 valence electrons. The van der Waals surface area contributed by atoms with E-state index in [1.165, 1.54) is 5.69 Å². The third kappa shape index (κ3) is 3.09. The molecule has 0 spiro atoms. The number of rotatable bonds is 3. The van der Waals surface area contributed by atoms with E-state index in [0.29, 0.717) is 5.56 Å². The van der Waals surface area contributed by atoms with E-state index in [4.69, 9.17) is 5.73 Å². The summed E-state index contributed by atoms with van der Waals surface area (Å²) in [7, 11) is 0. The first-order chi connectivity index (χ1) is 8.68. The second-order valence-corrected chi connectivity index (χ2v) is 4.79. The molecule has 4 heteroatoms. The Balaban J connectivity index is 2.09. The molecule has 18 heavy (non-hydrogen) atoms. The van der Waals surface area contributed by atoms with Crippen LogP contribution in [0.25, 0.3) is 0 Å². The number of Topliss-reactive ketones (excluding diaryl/α,β-unsaturated/α-hetero) is 1. The molecule has 0 saturated carbocycles. The molecule has 3 N–H and O–H groups in total. The normalized spacial score (nSPS) is 18.2. The van der Waals surface area contributed by atoms with E-state index in [0.717, 1.165) is 32.6 Å². The third-order valence-electron chi connectivity index (χ3n) is 3.27. The van der Waals surface area contributed by atoms with E-state index in [2.05, 4.69) is 10.2 Å². The van der Waals surface area contributed by atoms with Gasteiger partial charge in [0.1, 0.15) is 0 Å². The Hall–Kier alpha value is -1.39. The van der Waals surface area contributed by atoms with E-state index in [1.807, 2.05) is 24.3 Å². The monoisotopic (exact) mass is 247 g/mol. The van der Waals surface area contributed by atoms with Crippen LogP contribution in [0.3, 0.4) is 0 Å². The lowest BCUT2D eigenvalue weighted by Gasteiger charge is -2.22. The maximum atomic E-state index is 11.7. The number of carbonyl (C=O) groups excluding carboxylic acids is 1. The van der Waals surface area contributed by atoms with Gasteiger partial charge >= 0.3 is 0 Å². The molecule has 1 unspecified atom stereocenters. The summed E-state index contributed by atoms with van der Waals surface area (Å²) < 4.78 is 0. The Bertz CT molecular complexity index is 392. The quantitative estimate of drug-likeness (QED) is 0.783. The number of carbonyl (C=O) groups is 1. The number of nitrogens with one attached hydrogen (secondary N) is 1. The van der Waals surface area contributed by atoms with E-state index in [1.54, 1.807) is 6.92 Å². The molecule has 1 heterocycles. The van der Waals surface area contributed by atoms with Gasteiger partial charge in [0, 0.05) is 30.9 Å². The minimum atomic E-state index is -0.432. The maximum Gasteiger partial charge on any atom is 0.179 e. The van der Waals surface area contributed by atoms with Crippen LogP contribution in [0.2, 0.25) is 0 Å². The molecule has 1 saturated heterocycles. The minimum absolute atomic E-state index is 0.000849. The number of benzene rings is 1. The largest absolute Gasteiger partial charge is 0.370 e. The minimum Gasteiger partial charge on any atom is -0.370 e. The summed E-state index contributed by atoms with van der Waals surface area (Å²) >= 11 is 0. The lowest BCUT2D eigenvalue weighted by atomic mass is 10.1. The van der Waals surface area contributed by atoms with Gasteiger partial charge in [0.2, 0.25) is 0 Å². The average Bonchev–Trinajstić information content (AvgIpc) is 2.67. The molecule has 1 aliphatic heterocycles. The van der Waals surface area contributed by atoms with Gasteiger partial charge in [-0.15, -0.1) is 0 Å². The Kier molecular flexibility index (Phi) is 4.33. The van der Waals surface area contributed by atoms with E-state index < -0.39 is 6.04 Å². The summed E-state index contributed by atoms with van der Waals surface area (Å²) in [6.45, 7) is 5.89. The SMILES string of the molecule is CC(N)C(=O)c1ccc(N2CCCNCC2)cc1. The van der Waals surface area contributed by atoms with Crippen LogP contribution in [-0.2, 0) is 0 Å². The number of ketones is 1. The van der Waals surface area contributed by atoms with Gasteiger partial charge in [0.25, 0.3) is 0 Å².